The molecular formula is C18H26ClN3O4S. The lowest BCUT2D eigenvalue weighted by Gasteiger charge is -2.35. The van der Waals surface area contributed by atoms with E-state index in [0.29, 0.717) is 25.3 Å². The lowest BCUT2D eigenvalue weighted by molar-refractivity contribution is -0.131. The Labute approximate surface area is 166 Å². The number of nitrogens with one attached hydrogen (secondary N) is 2. The molecule has 27 heavy (non-hydrogen) atoms. The second-order valence-corrected chi connectivity index (χ2v) is 9.28. The van der Waals surface area contributed by atoms with Gasteiger partial charge in [-0.2, -0.15) is 0 Å². The molecule has 150 valence electrons. The molecule has 0 spiro atoms. The van der Waals surface area contributed by atoms with Gasteiger partial charge < -0.3 is 15.0 Å². The zero-order chi connectivity index (χ0) is 18.3. The van der Waals surface area contributed by atoms with E-state index < -0.39 is 10.0 Å². The molecule has 4 rings (SSSR count). The van der Waals surface area contributed by atoms with Crippen LogP contribution in [0, 0.1) is 0 Å². The van der Waals surface area contributed by atoms with Gasteiger partial charge in [0.1, 0.15) is 0 Å². The average molecular weight is 416 g/mol. The SMILES string of the molecule is CN(C(=O)CNS(=O)(=O)c1ccc2c(c1)COC2)C1CC2CCC(C1)N2.Cl. The zero-order valence-corrected chi connectivity index (χ0v) is 16.9. The molecular weight excluding hydrogens is 390 g/mol. The number of fused-ring (bicyclic) bond motifs is 3. The van der Waals surface area contributed by atoms with Crippen LogP contribution in [0.4, 0.5) is 0 Å². The normalized spacial score (nSPS) is 26.3. The van der Waals surface area contributed by atoms with E-state index in [1.54, 1.807) is 30.1 Å². The topological polar surface area (TPSA) is 87.7 Å². The van der Waals surface area contributed by atoms with Gasteiger partial charge in [-0.25, -0.2) is 13.1 Å². The number of likely N-dealkylation sites (N-methyl/N-ethyl adjacent to an activating group) is 1. The van der Waals surface area contributed by atoms with Crippen molar-refractivity contribution in [2.45, 2.75) is 61.9 Å². The van der Waals surface area contributed by atoms with Crippen LogP contribution in [0.25, 0.3) is 0 Å². The Morgan fingerprint density at radius 1 is 1.22 bits per heavy atom. The second kappa shape index (κ2) is 8.05. The van der Waals surface area contributed by atoms with Gasteiger partial charge in [0.05, 0.1) is 24.7 Å². The Bertz CT molecular complexity index is 805. The van der Waals surface area contributed by atoms with Crippen LogP contribution in [0.3, 0.4) is 0 Å². The van der Waals surface area contributed by atoms with Crippen molar-refractivity contribution in [3.8, 4) is 0 Å². The van der Waals surface area contributed by atoms with Crippen molar-refractivity contribution >= 4 is 28.3 Å². The number of amides is 1. The van der Waals surface area contributed by atoms with Crippen LogP contribution in [-0.2, 0) is 32.8 Å². The smallest absolute Gasteiger partial charge is 0.241 e. The van der Waals surface area contributed by atoms with Crippen molar-refractivity contribution in [2.75, 3.05) is 13.6 Å². The molecule has 1 aromatic carbocycles. The number of halogens is 1. The van der Waals surface area contributed by atoms with Crippen LogP contribution in [0.2, 0.25) is 0 Å². The minimum Gasteiger partial charge on any atom is -0.372 e. The third kappa shape index (κ3) is 4.30. The van der Waals surface area contributed by atoms with Gasteiger partial charge >= 0.3 is 0 Å². The lowest BCUT2D eigenvalue weighted by Crippen LogP contribution is -2.50. The number of hydrogen-bond donors (Lipinski definition) is 2. The Morgan fingerprint density at radius 3 is 2.59 bits per heavy atom. The van der Waals surface area contributed by atoms with Gasteiger partial charge in [-0.15, -0.1) is 12.4 Å². The maximum atomic E-state index is 12.5. The molecule has 3 aliphatic rings. The van der Waals surface area contributed by atoms with E-state index in [0.717, 1.165) is 36.8 Å². The predicted molar refractivity (Wildman–Crippen MR) is 103 cm³/mol. The maximum absolute atomic E-state index is 12.5. The molecule has 7 nitrogen and oxygen atoms in total. The first-order valence-corrected chi connectivity index (χ1v) is 10.6. The molecule has 0 radical (unpaired) electrons. The summed E-state index contributed by atoms with van der Waals surface area (Å²) in [5.74, 6) is -0.190. The first kappa shape index (κ1) is 20.5. The number of benzene rings is 1. The van der Waals surface area contributed by atoms with Crippen LogP contribution in [0.5, 0.6) is 0 Å². The molecule has 2 fully saturated rings. The van der Waals surface area contributed by atoms with Gasteiger partial charge in [-0.1, -0.05) is 6.07 Å². The van der Waals surface area contributed by atoms with E-state index in [4.69, 9.17) is 4.74 Å². The van der Waals surface area contributed by atoms with Crippen LogP contribution < -0.4 is 10.0 Å². The van der Waals surface area contributed by atoms with Gasteiger partial charge in [0, 0.05) is 25.2 Å². The first-order chi connectivity index (χ1) is 12.4. The van der Waals surface area contributed by atoms with Crippen LogP contribution in [0.1, 0.15) is 36.8 Å². The van der Waals surface area contributed by atoms with Crippen molar-refractivity contribution in [2.24, 2.45) is 0 Å². The summed E-state index contributed by atoms with van der Waals surface area (Å²) in [7, 11) is -1.94. The fraction of sp³-hybridized carbons (Fsp3) is 0.611. The second-order valence-electron chi connectivity index (χ2n) is 7.52. The number of rotatable bonds is 5. The molecule has 2 atom stereocenters. The number of nitrogens with zero attached hydrogens (tertiary/aromatic N) is 1. The summed E-state index contributed by atoms with van der Waals surface area (Å²) in [5.41, 5.74) is 1.90. The molecule has 3 heterocycles. The van der Waals surface area contributed by atoms with Crippen LogP contribution >= 0.6 is 12.4 Å². The summed E-state index contributed by atoms with van der Waals surface area (Å²) < 4.78 is 32.8. The van der Waals surface area contributed by atoms with E-state index >= 15 is 0 Å². The van der Waals surface area contributed by atoms with E-state index in [2.05, 4.69) is 10.0 Å². The Morgan fingerprint density at radius 2 is 1.89 bits per heavy atom. The first-order valence-electron chi connectivity index (χ1n) is 9.13. The molecule has 2 N–H and O–H groups in total. The van der Waals surface area contributed by atoms with Crippen molar-refractivity contribution in [3.63, 3.8) is 0 Å². The summed E-state index contributed by atoms with van der Waals surface area (Å²) in [6.07, 6.45) is 4.21. The fourth-order valence-corrected chi connectivity index (χ4v) is 5.25. The predicted octanol–water partition coefficient (Wildman–Crippen LogP) is 1.16. The Kier molecular flexibility index (Phi) is 6.12. The largest absolute Gasteiger partial charge is 0.372 e. The van der Waals surface area contributed by atoms with Gasteiger partial charge in [0.15, 0.2) is 0 Å². The standard InChI is InChI=1S/C18H25N3O4S.ClH/c1-21(16-7-14-3-4-15(8-16)20-14)18(22)9-19-26(23,24)17-5-2-12-10-25-11-13(12)6-17;/h2,5-6,14-16,19-20H,3-4,7-11H2,1H3;1H. The highest BCUT2D eigenvalue weighted by molar-refractivity contribution is 7.89. The molecule has 9 heteroatoms. The highest BCUT2D eigenvalue weighted by atomic mass is 35.5. The Hall–Kier alpha value is -1.19. The number of ether oxygens (including phenoxy) is 1. The monoisotopic (exact) mass is 415 g/mol. The minimum absolute atomic E-state index is 0. The summed E-state index contributed by atoms with van der Waals surface area (Å²) in [6, 6.07) is 6.12. The number of piperidine rings is 1. The average Bonchev–Trinajstić information content (AvgIpc) is 3.24. The van der Waals surface area contributed by atoms with Gasteiger partial charge in [0.25, 0.3) is 0 Å². The molecule has 0 aromatic heterocycles. The molecule has 0 saturated carbocycles. The van der Waals surface area contributed by atoms with Crippen molar-refractivity contribution in [1.29, 1.82) is 0 Å². The van der Waals surface area contributed by atoms with Gasteiger partial charge in [0.2, 0.25) is 15.9 Å². The number of hydrogen-bond acceptors (Lipinski definition) is 5. The molecule has 1 amide bonds. The third-order valence-electron chi connectivity index (χ3n) is 5.81. The number of carbonyl (C=O) groups is 1. The molecule has 2 bridgehead atoms. The number of carbonyl (C=O) groups excluding carboxylic acids is 1. The van der Waals surface area contributed by atoms with E-state index in [1.807, 2.05) is 0 Å². The van der Waals surface area contributed by atoms with E-state index in [9.17, 15) is 13.2 Å². The minimum atomic E-state index is -3.72. The highest BCUT2D eigenvalue weighted by Crippen LogP contribution is 2.29. The molecule has 3 aliphatic heterocycles. The van der Waals surface area contributed by atoms with E-state index in [-0.39, 0.29) is 35.8 Å². The summed E-state index contributed by atoms with van der Waals surface area (Å²) >= 11 is 0. The number of sulfonamides is 1. The lowest BCUT2D eigenvalue weighted by atomic mass is 9.98. The quantitative estimate of drug-likeness (QED) is 0.753. The molecule has 0 aliphatic carbocycles. The summed E-state index contributed by atoms with van der Waals surface area (Å²) in [4.78, 5) is 14.4. The van der Waals surface area contributed by atoms with Crippen LogP contribution in [0.15, 0.2) is 23.1 Å². The summed E-state index contributed by atoms with van der Waals surface area (Å²) in [6.45, 7) is 0.731. The highest BCUT2D eigenvalue weighted by Gasteiger charge is 2.36. The molecule has 1 aromatic rings. The van der Waals surface area contributed by atoms with Gasteiger partial charge in [-0.3, -0.25) is 4.79 Å². The van der Waals surface area contributed by atoms with E-state index in [1.165, 1.54) is 0 Å². The van der Waals surface area contributed by atoms with Crippen LogP contribution in [-0.4, -0.2) is 50.9 Å². The van der Waals surface area contributed by atoms with Crippen molar-refractivity contribution in [3.05, 3.63) is 29.3 Å². The maximum Gasteiger partial charge on any atom is 0.241 e. The molecule has 2 unspecified atom stereocenters. The molecule has 2 saturated heterocycles. The third-order valence-corrected chi connectivity index (χ3v) is 7.20. The van der Waals surface area contributed by atoms with Gasteiger partial charge in [-0.05, 0) is 48.9 Å². The fourth-order valence-electron chi connectivity index (χ4n) is 4.23. The summed E-state index contributed by atoms with van der Waals surface area (Å²) in [5, 5.41) is 3.55. The zero-order valence-electron chi connectivity index (χ0n) is 15.3. The Balaban J connectivity index is 0.00000210. The van der Waals surface area contributed by atoms with Crippen molar-refractivity contribution < 1.29 is 17.9 Å². The van der Waals surface area contributed by atoms with Crippen molar-refractivity contribution in [1.82, 2.24) is 14.9 Å².